The molecule has 0 saturated heterocycles. The fraction of sp³-hybridized carbons (Fsp3) is 0.583. The number of carbonyl (C=O) groups is 1. The maximum absolute atomic E-state index is 11.2. The van der Waals surface area contributed by atoms with Gasteiger partial charge in [0.2, 0.25) is 0 Å². The van der Waals surface area contributed by atoms with Gasteiger partial charge >= 0.3 is 5.97 Å². The minimum absolute atomic E-state index is 0.180. The average Bonchev–Trinajstić information content (AvgIpc) is 2.81. The smallest absolute Gasteiger partial charge is 0.341 e. The van der Waals surface area contributed by atoms with Gasteiger partial charge in [0.25, 0.3) is 0 Å². The summed E-state index contributed by atoms with van der Waals surface area (Å²) in [6.07, 6.45) is 3.93. The largest absolute Gasteiger partial charge is 0.467 e. The lowest BCUT2D eigenvalue weighted by atomic mass is 10.3. The summed E-state index contributed by atoms with van der Waals surface area (Å²) in [6.45, 7) is 3.26. The van der Waals surface area contributed by atoms with Crippen LogP contribution in [-0.4, -0.2) is 35.3 Å². The maximum atomic E-state index is 11.2. The number of methoxy groups -OCH3 is 1. The summed E-state index contributed by atoms with van der Waals surface area (Å²) in [5.41, 5.74) is 0.414. The van der Waals surface area contributed by atoms with Crippen LogP contribution in [0, 0.1) is 0 Å². The highest BCUT2D eigenvalue weighted by atomic mass is 32.2. The van der Waals surface area contributed by atoms with E-state index in [0.717, 1.165) is 13.0 Å². The molecule has 0 saturated carbocycles. The minimum Gasteiger partial charge on any atom is -0.467 e. The van der Waals surface area contributed by atoms with Gasteiger partial charge in [-0.15, -0.1) is 0 Å². The first-order chi connectivity index (χ1) is 8.54. The third kappa shape index (κ3) is 4.62. The molecule has 2 unspecified atom stereocenters. The molecule has 1 heterocycles. The number of rotatable bonds is 7. The zero-order chi connectivity index (χ0) is 13.5. The van der Waals surface area contributed by atoms with E-state index in [1.807, 2.05) is 6.92 Å². The van der Waals surface area contributed by atoms with Gasteiger partial charge in [-0.2, -0.15) is 0 Å². The van der Waals surface area contributed by atoms with Crippen LogP contribution >= 0.6 is 0 Å². The molecule has 102 valence electrons. The highest BCUT2D eigenvalue weighted by molar-refractivity contribution is 7.84. The van der Waals surface area contributed by atoms with Gasteiger partial charge in [0, 0.05) is 22.3 Å². The lowest BCUT2D eigenvalue weighted by Crippen LogP contribution is -2.20. The van der Waals surface area contributed by atoms with E-state index < -0.39 is 16.8 Å². The number of nitrogens with one attached hydrogen (secondary N) is 1. The minimum atomic E-state index is -0.786. The van der Waals surface area contributed by atoms with Crippen LogP contribution in [0.2, 0.25) is 0 Å². The van der Waals surface area contributed by atoms with Crippen molar-refractivity contribution in [3.63, 3.8) is 0 Å². The Balaban J connectivity index is 2.29. The summed E-state index contributed by atoms with van der Waals surface area (Å²) in [5.74, 6) is 0.278. The van der Waals surface area contributed by atoms with Gasteiger partial charge in [0.1, 0.15) is 12.0 Å². The van der Waals surface area contributed by atoms with Crippen LogP contribution in [0.5, 0.6) is 0 Å². The van der Waals surface area contributed by atoms with Crippen LogP contribution in [0.4, 0.5) is 0 Å². The van der Waals surface area contributed by atoms with Crippen LogP contribution in [0.15, 0.2) is 16.7 Å². The van der Waals surface area contributed by atoms with E-state index in [1.165, 1.54) is 13.4 Å². The Kier molecular flexibility index (Phi) is 6.07. The zero-order valence-corrected chi connectivity index (χ0v) is 11.7. The first-order valence-electron chi connectivity index (χ1n) is 5.73. The number of hydrogen-bond donors (Lipinski definition) is 1. The quantitative estimate of drug-likeness (QED) is 0.599. The highest BCUT2D eigenvalue weighted by Gasteiger charge is 2.10. The number of esters is 1. The molecular weight excluding hydrogens is 254 g/mol. The fourth-order valence-corrected chi connectivity index (χ4v) is 1.83. The van der Waals surface area contributed by atoms with Crippen molar-refractivity contribution in [3.8, 4) is 0 Å². The summed E-state index contributed by atoms with van der Waals surface area (Å²) in [5, 5.41) is 3.36. The van der Waals surface area contributed by atoms with Crippen molar-refractivity contribution < 1.29 is 18.2 Å². The standard InChI is InChI=1S/C12H19NO4S/c1-9(18(3)15)4-5-13-7-11-6-10(8-17-11)12(14)16-2/h6,8-9,13H,4-5,7H2,1-3H3. The van der Waals surface area contributed by atoms with E-state index in [1.54, 1.807) is 12.3 Å². The summed E-state index contributed by atoms with van der Waals surface area (Å²) in [7, 11) is 0.547. The monoisotopic (exact) mass is 273 g/mol. The molecule has 18 heavy (non-hydrogen) atoms. The molecule has 0 spiro atoms. The summed E-state index contributed by atoms with van der Waals surface area (Å²) in [6, 6.07) is 1.65. The fourth-order valence-electron chi connectivity index (χ4n) is 1.38. The third-order valence-corrected chi connectivity index (χ3v) is 4.04. The van der Waals surface area contributed by atoms with Gasteiger partial charge in [-0.25, -0.2) is 4.79 Å². The lowest BCUT2D eigenvalue weighted by molar-refractivity contribution is 0.0600. The molecule has 0 fully saturated rings. The van der Waals surface area contributed by atoms with Crippen LogP contribution in [0.3, 0.4) is 0 Å². The van der Waals surface area contributed by atoms with Gasteiger partial charge < -0.3 is 14.5 Å². The molecule has 6 heteroatoms. The highest BCUT2D eigenvalue weighted by Crippen LogP contribution is 2.08. The maximum Gasteiger partial charge on any atom is 0.341 e. The van der Waals surface area contributed by atoms with Gasteiger partial charge in [-0.1, -0.05) is 6.92 Å². The molecular formula is C12H19NO4S. The Labute approximate surface area is 109 Å². The summed E-state index contributed by atoms with van der Waals surface area (Å²) in [4.78, 5) is 11.2. The van der Waals surface area contributed by atoms with Gasteiger partial charge in [-0.3, -0.25) is 4.21 Å². The Morgan fingerprint density at radius 3 is 2.94 bits per heavy atom. The van der Waals surface area contributed by atoms with Crippen molar-refractivity contribution in [3.05, 3.63) is 23.7 Å². The second-order valence-corrected chi connectivity index (χ2v) is 5.87. The Hall–Kier alpha value is -1.14. The average molecular weight is 273 g/mol. The number of ether oxygens (including phenoxy) is 1. The molecule has 0 aliphatic carbocycles. The van der Waals surface area contributed by atoms with Crippen LogP contribution in [0.1, 0.15) is 29.5 Å². The lowest BCUT2D eigenvalue weighted by Gasteiger charge is -2.07. The number of furan rings is 1. The first-order valence-corrected chi connectivity index (χ1v) is 7.35. The van der Waals surface area contributed by atoms with E-state index in [0.29, 0.717) is 17.9 Å². The van der Waals surface area contributed by atoms with E-state index in [9.17, 15) is 9.00 Å². The molecule has 5 nitrogen and oxygen atoms in total. The SMILES string of the molecule is COC(=O)c1coc(CNCCC(C)S(C)=O)c1. The van der Waals surface area contributed by atoms with Crippen molar-refractivity contribution in [2.45, 2.75) is 25.1 Å². The molecule has 1 aromatic heterocycles. The molecule has 0 radical (unpaired) electrons. The molecule has 0 aromatic carbocycles. The number of hydrogen-bond acceptors (Lipinski definition) is 5. The Bertz CT molecular complexity index is 416. The van der Waals surface area contributed by atoms with Crippen LogP contribution in [-0.2, 0) is 22.1 Å². The predicted octanol–water partition coefficient (Wildman–Crippen LogP) is 1.31. The molecule has 1 N–H and O–H groups in total. The second-order valence-electron chi connectivity index (χ2n) is 4.07. The predicted molar refractivity (Wildman–Crippen MR) is 69.9 cm³/mol. The summed E-state index contributed by atoms with van der Waals surface area (Å²) >= 11 is 0. The normalized spacial score (nSPS) is 14.2. The van der Waals surface area contributed by atoms with Crippen molar-refractivity contribution in [1.82, 2.24) is 5.32 Å². The topological polar surface area (TPSA) is 68.5 Å². The Morgan fingerprint density at radius 2 is 2.33 bits per heavy atom. The van der Waals surface area contributed by atoms with Crippen molar-refractivity contribution in [2.75, 3.05) is 19.9 Å². The van der Waals surface area contributed by atoms with Crippen LogP contribution < -0.4 is 5.32 Å². The Morgan fingerprint density at radius 1 is 1.61 bits per heavy atom. The second kappa shape index (κ2) is 7.33. The molecule has 1 aromatic rings. The number of carbonyl (C=O) groups excluding carboxylic acids is 1. The molecule has 0 amide bonds. The van der Waals surface area contributed by atoms with Gasteiger partial charge in [-0.05, 0) is 19.0 Å². The van der Waals surface area contributed by atoms with Crippen molar-refractivity contribution in [1.29, 1.82) is 0 Å². The first kappa shape index (κ1) is 14.9. The third-order valence-electron chi connectivity index (χ3n) is 2.67. The van der Waals surface area contributed by atoms with E-state index >= 15 is 0 Å². The van der Waals surface area contributed by atoms with Crippen LogP contribution in [0.25, 0.3) is 0 Å². The molecule has 2 atom stereocenters. The van der Waals surface area contributed by atoms with Gasteiger partial charge in [0.15, 0.2) is 0 Å². The summed E-state index contributed by atoms with van der Waals surface area (Å²) < 4.78 is 20.9. The van der Waals surface area contributed by atoms with Crippen molar-refractivity contribution >= 4 is 16.8 Å². The molecule has 0 aliphatic heterocycles. The van der Waals surface area contributed by atoms with Crippen molar-refractivity contribution in [2.24, 2.45) is 0 Å². The molecule has 0 bridgehead atoms. The zero-order valence-electron chi connectivity index (χ0n) is 10.9. The van der Waals surface area contributed by atoms with Gasteiger partial charge in [0.05, 0.1) is 19.2 Å². The molecule has 0 aliphatic rings. The van der Waals surface area contributed by atoms with E-state index in [4.69, 9.17) is 4.42 Å². The van der Waals surface area contributed by atoms with E-state index in [2.05, 4.69) is 10.1 Å². The van der Waals surface area contributed by atoms with E-state index in [-0.39, 0.29) is 5.25 Å². The molecule has 1 rings (SSSR count).